The molecule has 0 fully saturated rings. The van der Waals surface area contributed by atoms with Gasteiger partial charge in [-0.2, -0.15) is 0 Å². The Kier molecular flexibility index (Phi) is 7.74. The Bertz CT molecular complexity index is 274. The van der Waals surface area contributed by atoms with E-state index < -0.39 is 0 Å². The molecule has 0 aliphatic rings. The number of rotatable bonds is 5. The van der Waals surface area contributed by atoms with Crippen LogP contribution in [0.25, 0.3) is 0 Å². The molecule has 15 heavy (non-hydrogen) atoms. The molecule has 0 saturated carbocycles. The average Bonchev–Trinajstić information content (AvgIpc) is 2.20. The minimum atomic E-state index is 0. The molecule has 0 saturated heterocycles. The van der Waals surface area contributed by atoms with Crippen LogP contribution in [0.3, 0.4) is 0 Å². The van der Waals surface area contributed by atoms with Gasteiger partial charge in [0.25, 0.3) is 0 Å². The highest BCUT2D eigenvalue weighted by molar-refractivity contribution is 5.85. The molecule has 1 N–H and O–H groups in total. The highest BCUT2D eigenvalue weighted by Crippen LogP contribution is 2.05. The first-order valence-electron chi connectivity index (χ1n) is 5.07. The molecule has 0 unspecified atom stereocenters. The van der Waals surface area contributed by atoms with Gasteiger partial charge in [-0.1, -0.05) is 30.3 Å². The Hall–Kier alpha value is -1.02. The molecule has 1 aromatic carbocycles. The summed E-state index contributed by atoms with van der Waals surface area (Å²) in [5.41, 5.74) is 1.33. The van der Waals surface area contributed by atoms with Crippen LogP contribution in [0.2, 0.25) is 0 Å². The second-order valence-electron chi connectivity index (χ2n) is 3.20. The van der Waals surface area contributed by atoms with Gasteiger partial charge in [0.2, 0.25) is 0 Å². The molecule has 0 aliphatic heterocycles. The Morgan fingerprint density at radius 2 is 1.93 bits per heavy atom. The maximum Gasteiger partial charge on any atom is 0.180 e. The molecular weight excluding hydrogens is 210 g/mol. The second kappa shape index (κ2) is 8.30. The highest BCUT2D eigenvalue weighted by atomic mass is 35.5. The van der Waals surface area contributed by atoms with E-state index in [4.69, 9.17) is 10.1 Å². The summed E-state index contributed by atoms with van der Waals surface area (Å²) in [6.45, 7) is 2.51. The lowest BCUT2D eigenvalue weighted by Gasteiger charge is -2.04. The Morgan fingerprint density at radius 3 is 2.53 bits per heavy atom. The van der Waals surface area contributed by atoms with Crippen LogP contribution in [0.15, 0.2) is 30.3 Å². The number of hydrogen-bond acceptors (Lipinski definition) is 2. The monoisotopic (exact) mass is 227 g/mol. The molecule has 1 rings (SSSR count). The molecule has 0 radical (unpaired) electrons. The van der Waals surface area contributed by atoms with Gasteiger partial charge >= 0.3 is 0 Å². The molecule has 0 spiro atoms. The van der Waals surface area contributed by atoms with Crippen molar-refractivity contribution < 1.29 is 4.74 Å². The fourth-order valence-corrected chi connectivity index (χ4v) is 1.34. The van der Waals surface area contributed by atoms with Crippen molar-refractivity contribution in [3.8, 4) is 0 Å². The van der Waals surface area contributed by atoms with E-state index in [1.165, 1.54) is 5.56 Å². The van der Waals surface area contributed by atoms with E-state index in [1.807, 2.05) is 25.1 Å². The number of ether oxygens (including phenoxy) is 1. The molecule has 0 aromatic heterocycles. The summed E-state index contributed by atoms with van der Waals surface area (Å²) in [5.74, 6) is 0.406. The zero-order chi connectivity index (χ0) is 10.2. The summed E-state index contributed by atoms with van der Waals surface area (Å²) in [5, 5.41) is 7.43. The van der Waals surface area contributed by atoms with Crippen LogP contribution >= 0.6 is 12.4 Å². The van der Waals surface area contributed by atoms with Gasteiger partial charge in [0, 0.05) is 6.42 Å². The van der Waals surface area contributed by atoms with Gasteiger partial charge in [-0.15, -0.1) is 12.4 Å². The summed E-state index contributed by atoms with van der Waals surface area (Å²) in [6, 6.07) is 10.3. The third kappa shape index (κ3) is 6.13. The van der Waals surface area contributed by atoms with Crippen LogP contribution in [0.1, 0.15) is 25.3 Å². The van der Waals surface area contributed by atoms with E-state index in [1.54, 1.807) is 0 Å². The molecule has 0 amide bonds. The van der Waals surface area contributed by atoms with Crippen LogP contribution in [-0.4, -0.2) is 12.5 Å². The quantitative estimate of drug-likeness (QED) is 0.607. The summed E-state index contributed by atoms with van der Waals surface area (Å²) < 4.78 is 5.06. The van der Waals surface area contributed by atoms with Crippen molar-refractivity contribution in [1.29, 1.82) is 5.41 Å². The van der Waals surface area contributed by atoms with Crippen molar-refractivity contribution in [2.24, 2.45) is 0 Å². The fraction of sp³-hybridized carbons (Fsp3) is 0.417. The minimum Gasteiger partial charge on any atom is -0.481 e. The molecule has 0 bridgehead atoms. The van der Waals surface area contributed by atoms with Crippen LogP contribution in [0.4, 0.5) is 0 Å². The lowest BCUT2D eigenvalue weighted by molar-refractivity contribution is 0.313. The van der Waals surface area contributed by atoms with Gasteiger partial charge < -0.3 is 4.74 Å². The van der Waals surface area contributed by atoms with E-state index in [0.29, 0.717) is 12.5 Å². The maximum absolute atomic E-state index is 7.43. The van der Waals surface area contributed by atoms with Crippen LogP contribution < -0.4 is 0 Å². The molecule has 1 aromatic rings. The van der Waals surface area contributed by atoms with E-state index in [9.17, 15) is 0 Å². The van der Waals surface area contributed by atoms with E-state index >= 15 is 0 Å². The minimum absolute atomic E-state index is 0. The SMILES string of the molecule is CCOC(=N)CCCc1ccccc1.Cl. The van der Waals surface area contributed by atoms with Crippen LogP contribution in [-0.2, 0) is 11.2 Å². The number of benzene rings is 1. The first-order chi connectivity index (χ1) is 6.83. The van der Waals surface area contributed by atoms with E-state index in [2.05, 4.69) is 12.1 Å². The smallest absolute Gasteiger partial charge is 0.180 e. The predicted molar refractivity (Wildman–Crippen MR) is 66.0 cm³/mol. The molecule has 0 heterocycles. The van der Waals surface area contributed by atoms with Crippen molar-refractivity contribution in [3.63, 3.8) is 0 Å². The first kappa shape index (κ1) is 14.0. The zero-order valence-corrected chi connectivity index (χ0v) is 9.85. The normalized spacial score (nSPS) is 9.13. The third-order valence-corrected chi connectivity index (χ3v) is 2.03. The summed E-state index contributed by atoms with van der Waals surface area (Å²) >= 11 is 0. The van der Waals surface area contributed by atoms with Crippen molar-refractivity contribution in [1.82, 2.24) is 0 Å². The maximum atomic E-state index is 7.43. The largest absolute Gasteiger partial charge is 0.481 e. The van der Waals surface area contributed by atoms with Gasteiger partial charge in [-0.3, -0.25) is 5.41 Å². The summed E-state index contributed by atoms with van der Waals surface area (Å²) in [4.78, 5) is 0. The number of hydrogen-bond donors (Lipinski definition) is 1. The topological polar surface area (TPSA) is 33.1 Å². The van der Waals surface area contributed by atoms with Gasteiger partial charge in [0.15, 0.2) is 5.90 Å². The number of aryl methyl sites for hydroxylation is 1. The molecular formula is C12H18ClNO. The third-order valence-electron chi connectivity index (χ3n) is 2.03. The molecule has 0 aliphatic carbocycles. The first-order valence-corrected chi connectivity index (χ1v) is 5.07. The number of halogens is 1. The van der Waals surface area contributed by atoms with Crippen molar-refractivity contribution in [2.45, 2.75) is 26.2 Å². The summed E-state index contributed by atoms with van der Waals surface area (Å²) in [7, 11) is 0. The van der Waals surface area contributed by atoms with Crippen molar-refractivity contribution >= 4 is 18.3 Å². The standard InChI is InChI=1S/C12H17NO.ClH/c1-2-14-12(13)10-6-9-11-7-4-3-5-8-11;/h3-5,7-8,13H,2,6,9-10H2,1H3;1H. The molecule has 0 atom stereocenters. The average molecular weight is 228 g/mol. The Morgan fingerprint density at radius 1 is 1.27 bits per heavy atom. The van der Waals surface area contributed by atoms with Crippen molar-refractivity contribution in [2.75, 3.05) is 6.61 Å². The fourth-order valence-electron chi connectivity index (χ4n) is 1.34. The lowest BCUT2D eigenvalue weighted by atomic mass is 10.1. The Labute approximate surface area is 97.6 Å². The Balaban J connectivity index is 0.00000196. The molecule has 84 valence electrons. The number of nitrogens with one attached hydrogen (secondary N) is 1. The van der Waals surface area contributed by atoms with Gasteiger partial charge in [0.05, 0.1) is 6.61 Å². The molecule has 3 heteroatoms. The summed E-state index contributed by atoms with van der Waals surface area (Å²) in [6.07, 6.45) is 2.75. The van der Waals surface area contributed by atoms with Gasteiger partial charge in [0.1, 0.15) is 0 Å². The van der Waals surface area contributed by atoms with E-state index in [-0.39, 0.29) is 12.4 Å². The highest BCUT2D eigenvalue weighted by Gasteiger charge is 1.97. The van der Waals surface area contributed by atoms with Crippen LogP contribution in [0, 0.1) is 5.41 Å². The van der Waals surface area contributed by atoms with Crippen molar-refractivity contribution in [3.05, 3.63) is 35.9 Å². The predicted octanol–water partition coefficient (Wildman–Crippen LogP) is 3.44. The lowest BCUT2D eigenvalue weighted by Crippen LogP contribution is -2.02. The van der Waals surface area contributed by atoms with Crippen LogP contribution in [0.5, 0.6) is 0 Å². The van der Waals surface area contributed by atoms with Gasteiger partial charge in [-0.05, 0) is 25.3 Å². The zero-order valence-electron chi connectivity index (χ0n) is 9.03. The second-order valence-corrected chi connectivity index (χ2v) is 3.20. The molecule has 2 nitrogen and oxygen atoms in total. The van der Waals surface area contributed by atoms with Gasteiger partial charge in [-0.25, -0.2) is 0 Å². The van der Waals surface area contributed by atoms with E-state index in [0.717, 1.165) is 19.3 Å².